The SMILES string of the molecule is CN(Cc1ccccc1N)c1nc[nH]c(=O)c1I. The summed E-state index contributed by atoms with van der Waals surface area (Å²) >= 11 is 1.99. The van der Waals surface area contributed by atoms with Crippen LogP contribution in [0.25, 0.3) is 0 Å². The molecule has 0 saturated heterocycles. The molecule has 0 unspecified atom stereocenters. The lowest BCUT2D eigenvalue weighted by Crippen LogP contribution is -2.23. The van der Waals surface area contributed by atoms with E-state index >= 15 is 0 Å². The zero-order chi connectivity index (χ0) is 13.1. The molecule has 2 aromatic rings. The number of nitrogen functional groups attached to an aromatic ring is 1. The van der Waals surface area contributed by atoms with Crippen molar-refractivity contribution in [1.82, 2.24) is 9.97 Å². The fourth-order valence-corrected chi connectivity index (χ4v) is 2.36. The van der Waals surface area contributed by atoms with Crippen molar-refractivity contribution in [2.24, 2.45) is 0 Å². The van der Waals surface area contributed by atoms with Crippen LogP contribution in [0.5, 0.6) is 0 Å². The Morgan fingerprint density at radius 1 is 1.44 bits per heavy atom. The minimum Gasteiger partial charge on any atom is -0.398 e. The Hall–Kier alpha value is -1.57. The molecule has 0 spiro atoms. The van der Waals surface area contributed by atoms with Gasteiger partial charge < -0.3 is 15.6 Å². The van der Waals surface area contributed by atoms with Crippen LogP contribution in [0.4, 0.5) is 11.5 Å². The Labute approximate surface area is 118 Å². The predicted molar refractivity (Wildman–Crippen MR) is 80.5 cm³/mol. The second-order valence-electron chi connectivity index (χ2n) is 3.92. The number of hydrogen-bond donors (Lipinski definition) is 2. The number of benzene rings is 1. The molecule has 3 N–H and O–H groups in total. The van der Waals surface area contributed by atoms with Gasteiger partial charge in [-0.25, -0.2) is 4.98 Å². The second kappa shape index (κ2) is 5.38. The summed E-state index contributed by atoms with van der Waals surface area (Å²) in [6.45, 7) is 0.610. The summed E-state index contributed by atoms with van der Waals surface area (Å²) in [7, 11) is 1.89. The van der Waals surface area contributed by atoms with Gasteiger partial charge in [-0.15, -0.1) is 0 Å². The molecular weight excluding hydrogens is 343 g/mol. The number of nitrogens with two attached hydrogens (primary N) is 1. The first kappa shape index (κ1) is 12.9. The lowest BCUT2D eigenvalue weighted by atomic mass is 10.2. The van der Waals surface area contributed by atoms with Crippen LogP contribution in [0.2, 0.25) is 0 Å². The molecule has 5 nitrogen and oxygen atoms in total. The normalized spacial score (nSPS) is 10.3. The van der Waals surface area contributed by atoms with Crippen LogP contribution in [0.15, 0.2) is 35.4 Å². The van der Waals surface area contributed by atoms with Crippen molar-refractivity contribution in [3.8, 4) is 0 Å². The van der Waals surface area contributed by atoms with E-state index in [0.717, 1.165) is 11.3 Å². The van der Waals surface area contributed by atoms with Gasteiger partial charge in [-0.2, -0.15) is 0 Å². The van der Waals surface area contributed by atoms with Crippen molar-refractivity contribution in [2.45, 2.75) is 6.54 Å². The molecule has 2 rings (SSSR count). The molecule has 0 aliphatic rings. The van der Waals surface area contributed by atoms with Crippen LogP contribution < -0.4 is 16.2 Å². The lowest BCUT2D eigenvalue weighted by Gasteiger charge is -2.19. The number of anilines is 2. The highest BCUT2D eigenvalue weighted by Gasteiger charge is 2.11. The second-order valence-corrected chi connectivity index (χ2v) is 5.00. The van der Waals surface area contributed by atoms with Crippen molar-refractivity contribution < 1.29 is 0 Å². The van der Waals surface area contributed by atoms with Crippen LogP contribution in [0, 0.1) is 3.57 Å². The third-order valence-electron chi connectivity index (χ3n) is 2.60. The average Bonchev–Trinajstić information content (AvgIpc) is 2.35. The summed E-state index contributed by atoms with van der Waals surface area (Å²) in [4.78, 5) is 20.1. The maximum atomic E-state index is 11.5. The Bertz CT molecular complexity index is 611. The van der Waals surface area contributed by atoms with Crippen LogP contribution in [-0.2, 0) is 6.54 Å². The van der Waals surface area contributed by atoms with E-state index < -0.39 is 0 Å². The van der Waals surface area contributed by atoms with Gasteiger partial charge in [0.1, 0.15) is 9.39 Å². The minimum absolute atomic E-state index is 0.131. The fourth-order valence-electron chi connectivity index (χ4n) is 1.65. The summed E-state index contributed by atoms with van der Waals surface area (Å²) < 4.78 is 0.576. The number of H-pyrrole nitrogens is 1. The highest BCUT2D eigenvalue weighted by atomic mass is 127. The number of aromatic nitrogens is 2. The molecule has 0 aliphatic carbocycles. The number of halogens is 1. The molecule has 0 fully saturated rings. The van der Waals surface area contributed by atoms with Gasteiger partial charge >= 0.3 is 0 Å². The average molecular weight is 356 g/mol. The van der Waals surface area contributed by atoms with E-state index in [2.05, 4.69) is 9.97 Å². The Kier molecular flexibility index (Phi) is 3.85. The van der Waals surface area contributed by atoms with E-state index in [4.69, 9.17) is 5.73 Å². The fraction of sp³-hybridized carbons (Fsp3) is 0.167. The molecule has 1 aromatic carbocycles. The Morgan fingerprint density at radius 3 is 2.89 bits per heavy atom. The minimum atomic E-state index is -0.131. The van der Waals surface area contributed by atoms with Crippen LogP contribution >= 0.6 is 22.6 Å². The maximum Gasteiger partial charge on any atom is 0.266 e. The predicted octanol–water partition coefficient (Wildman–Crippen LogP) is 1.59. The number of aromatic amines is 1. The van der Waals surface area contributed by atoms with Gasteiger partial charge in [0.05, 0.1) is 6.33 Å². The zero-order valence-corrected chi connectivity index (χ0v) is 12.0. The van der Waals surface area contributed by atoms with Gasteiger partial charge in [0.2, 0.25) is 0 Å². The topological polar surface area (TPSA) is 75.0 Å². The van der Waals surface area contributed by atoms with Crippen LogP contribution in [0.3, 0.4) is 0 Å². The smallest absolute Gasteiger partial charge is 0.266 e. The summed E-state index contributed by atoms with van der Waals surface area (Å²) in [5, 5.41) is 0. The van der Waals surface area contributed by atoms with E-state index in [1.54, 1.807) is 0 Å². The van der Waals surface area contributed by atoms with E-state index in [-0.39, 0.29) is 5.56 Å². The van der Waals surface area contributed by atoms with Gasteiger partial charge in [0, 0.05) is 19.3 Å². The van der Waals surface area contributed by atoms with Gasteiger partial charge in [-0.3, -0.25) is 4.79 Å². The molecule has 0 radical (unpaired) electrons. The third-order valence-corrected chi connectivity index (χ3v) is 3.57. The van der Waals surface area contributed by atoms with E-state index in [9.17, 15) is 4.79 Å². The molecule has 94 valence electrons. The standard InChI is InChI=1S/C12H13IN4O/c1-17(6-8-4-2-3-5-9(8)14)11-10(13)12(18)16-7-15-11/h2-5,7H,6,14H2,1H3,(H,15,16,18). The van der Waals surface area contributed by atoms with Gasteiger partial charge in [-0.05, 0) is 34.2 Å². The molecule has 6 heteroatoms. The highest BCUT2D eigenvalue weighted by Crippen LogP contribution is 2.19. The number of rotatable bonds is 3. The van der Waals surface area contributed by atoms with Crippen molar-refractivity contribution in [1.29, 1.82) is 0 Å². The van der Waals surface area contributed by atoms with E-state index in [1.807, 2.05) is 58.8 Å². The number of para-hydroxylation sites is 1. The monoisotopic (exact) mass is 356 g/mol. The number of nitrogens with zero attached hydrogens (tertiary/aromatic N) is 2. The molecule has 18 heavy (non-hydrogen) atoms. The van der Waals surface area contributed by atoms with Crippen molar-refractivity contribution in [3.05, 3.63) is 50.1 Å². The van der Waals surface area contributed by atoms with Crippen molar-refractivity contribution in [3.63, 3.8) is 0 Å². The van der Waals surface area contributed by atoms with Crippen molar-refractivity contribution >= 4 is 34.1 Å². The quantitative estimate of drug-likeness (QED) is 0.647. The number of nitrogens with one attached hydrogen (secondary N) is 1. The largest absolute Gasteiger partial charge is 0.398 e. The first-order chi connectivity index (χ1) is 8.59. The molecule has 1 heterocycles. The molecule has 0 amide bonds. The summed E-state index contributed by atoms with van der Waals surface area (Å²) in [6, 6.07) is 7.66. The molecular formula is C12H13IN4O. The van der Waals surface area contributed by atoms with Crippen LogP contribution in [0.1, 0.15) is 5.56 Å². The molecule has 0 aliphatic heterocycles. The third kappa shape index (κ3) is 2.63. The Balaban J connectivity index is 2.28. The maximum absolute atomic E-state index is 11.5. The lowest BCUT2D eigenvalue weighted by molar-refractivity contribution is 0.882. The summed E-state index contributed by atoms with van der Waals surface area (Å²) in [6.07, 6.45) is 1.41. The van der Waals surface area contributed by atoms with E-state index in [0.29, 0.717) is 15.9 Å². The molecule has 0 bridgehead atoms. The van der Waals surface area contributed by atoms with Gasteiger partial charge in [0.25, 0.3) is 5.56 Å². The zero-order valence-electron chi connectivity index (χ0n) is 9.85. The number of hydrogen-bond acceptors (Lipinski definition) is 4. The Morgan fingerprint density at radius 2 is 2.17 bits per heavy atom. The van der Waals surface area contributed by atoms with Gasteiger partial charge in [-0.1, -0.05) is 18.2 Å². The first-order valence-corrected chi connectivity index (χ1v) is 6.45. The van der Waals surface area contributed by atoms with Crippen molar-refractivity contribution in [2.75, 3.05) is 17.7 Å². The van der Waals surface area contributed by atoms with E-state index in [1.165, 1.54) is 6.33 Å². The highest BCUT2D eigenvalue weighted by molar-refractivity contribution is 14.1. The first-order valence-electron chi connectivity index (χ1n) is 5.37. The summed E-state index contributed by atoms with van der Waals surface area (Å²) in [5.41, 5.74) is 7.52. The summed E-state index contributed by atoms with van der Waals surface area (Å²) in [5.74, 6) is 0.655. The molecule has 1 aromatic heterocycles. The van der Waals surface area contributed by atoms with Gasteiger partial charge in [0.15, 0.2) is 0 Å². The molecule has 0 atom stereocenters. The molecule has 0 saturated carbocycles. The van der Waals surface area contributed by atoms with Crippen LogP contribution in [-0.4, -0.2) is 17.0 Å².